The van der Waals surface area contributed by atoms with Gasteiger partial charge in [0, 0.05) is 18.2 Å². The first-order valence-electron chi connectivity index (χ1n) is 7.39. The van der Waals surface area contributed by atoms with E-state index in [-0.39, 0.29) is 13.0 Å². The highest BCUT2D eigenvalue weighted by molar-refractivity contribution is 5.41. The fraction of sp³-hybridized carbons (Fsp3) is 0.467. The normalized spacial score (nSPS) is 24.0. The Hall–Kier alpha value is -2.16. The van der Waals surface area contributed by atoms with Crippen molar-refractivity contribution in [3.05, 3.63) is 46.4 Å². The van der Waals surface area contributed by atoms with E-state index in [0.29, 0.717) is 12.4 Å². The van der Waals surface area contributed by atoms with E-state index in [1.165, 1.54) is 4.57 Å². The molecule has 8 nitrogen and oxygen atoms in total. The predicted molar refractivity (Wildman–Crippen MR) is 80.9 cm³/mol. The summed E-state index contributed by atoms with van der Waals surface area (Å²) in [5, 5.41) is 22.0. The van der Waals surface area contributed by atoms with Crippen LogP contribution in [0.4, 0.5) is 5.82 Å². The Morgan fingerprint density at radius 1 is 1.52 bits per heavy atom. The molecule has 0 bridgehead atoms. The molecule has 0 saturated carbocycles. The smallest absolute Gasteiger partial charge is 0.351 e. The first kappa shape index (κ1) is 15.7. The average molecular weight is 321 g/mol. The molecule has 1 aliphatic heterocycles. The quantitative estimate of drug-likeness (QED) is 0.731. The van der Waals surface area contributed by atoms with Crippen LogP contribution in [0.1, 0.15) is 24.0 Å². The average Bonchev–Trinajstić information content (AvgIpc) is 3.17. The largest absolute Gasteiger partial charge is 0.467 e. The molecule has 2 aromatic heterocycles. The van der Waals surface area contributed by atoms with Crippen LogP contribution in [-0.2, 0) is 11.3 Å². The maximum atomic E-state index is 12.2. The van der Waals surface area contributed by atoms with E-state index < -0.39 is 24.1 Å². The highest BCUT2D eigenvalue weighted by Crippen LogP contribution is 2.27. The molecule has 1 fully saturated rings. The van der Waals surface area contributed by atoms with E-state index in [0.717, 1.165) is 11.3 Å². The van der Waals surface area contributed by atoms with Gasteiger partial charge in [0.15, 0.2) is 0 Å². The topological polar surface area (TPSA) is 110 Å². The van der Waals surface area contributed by atoms with Crippen LogP contribution in [-0.4, -0.2) is 38.6 Å². The minimum Gasteiger partial charge on any atom is -0.467 e. The summed E-state index contributed by atoms with van der Waals surface area (Å²) < 4.78 is 12.1. The summed E-state index contributed by atoms with van der Waals surface area (Å²) in [4.78, 5) is 16.2. The first-order valence-corrected chi connectivity index (χ1v) is 7.39. The van der Waals surface area contributed by atoms with Crippen LogP contribution in [0.15, 0.2) is 33.8 Å². The summed E-state index contributed by atoms with van der Waals surface area (Å²) in [5.41, 5.74) is 0.287. The summed E-state index contributed by atoms with van der Waals surface area (Å²) in [5.74, 6) is 1.21. The fourth-order valence-electron chi connectivity index (χ4n) is 2.59. The van der Waals surface area contributed by atoms with Gasteiger partial charge in [-0.2, -0.15) is 4.98 Å². The summed E-state index contributed by atoms with van der Waals surface area (Å²) in [6.07, 6.45) is 1.36. The maximum absolute atomic E-state index is 12.2. The van der Waals surface area contributed by atoms with Gasteiger partial charge >= 0.3 is 5.69 Å². The van der Waals surface area contributed by atoms with Gasteiger partial charge in [-0.25, -0.2) is 4.79 Å². The molecule has 0 radical (unpaired) electrons. The molecule has 1 unspecified atom stereocenters. The third kappa shape index (κ3) is 3.29. The van der Waals surface area contributed by atoms with Crippen molar-refractivity contribution in [1.82, 2.24) is 9.55 Å². The Morgan fingerprint density at radius 3 is 3.00 bits per heavy atom. The minimum absolute atomic E-state index is 0.241. The molecule has 0 aliphatic carbocycles. The maximum Gasteiger partial charge on any atom is 0.351 e. The lowest BCUT2D eigenvalue weighted by Crippen LogP contribution is -2.29. The number of rotatable bonds is 5. The zero-order valence-corrected chi connectivity index (χ0v) is 12.7. The molecule has 23 heavy (non-hydrogen) atoms. The molecular weight excluding hydrogens is 302 g/mol. The number of aromatic nitrogens is 2. The van der Waals surface area contributed by atoms with Crippen molar-refractivity contribution in [1.29, 1.82) is 0 Å². The number of nitrogens with one attached hydrogen (secondary N) is 1. The van der Waals surface area contributed by atoms with Crippen LogP contribution in [0.25, 0.3) is 0 Å². The lowest BCUT2D eigenvalue weighted by Gasteiger charge is -2.16. The molecule has 0 amide bonds. The second-order valence-corrected chi connectivity index (χ2v) is 5.51. The van der Waals surface area contributed by atoms with E-state index >= 15 is 0 Å². The molecule has 3 heterocycles. The molecule has 3 atom stereocenters. The van der Waals surface area contributed by atoms with Gasteiger partial charge in [-0.05, 0) is 19.1 Å². The zero-order valence-electron chi connectivity index (χ0n) is 12.7. The molecule has 0 aromatic carbocycles. The van der Waals surface area contributed by atoms with Crippen LogP contribution in [0.2, 0.25) is 0 Å². The van der Waals surface area contributed by atoms with Crippen molar-refractivity contribution in [2.24, 2.45) is 0 Å². The Bertz CT molecular complexity index is 712. The van der Waals surface area contributed by atoms with E-state index in [2.05, 4.69) is 10.3 Å². The van der Waals surface area contributed by atoms with E-state index in [1.54, 1.807) is 18.5 Å². The lowest BCUT2D eigenvalue weighted by atomic mass is 10.2. The van der Waals surface area contributed by atoms with Crippen molar-refractivity contribution in [3.63, 3.8) is 0 Å². The number of nitrogens with zero attached hydrogens (tertiary/aromatic N) is 2. The van der Waals surface area contributed by atoms with Crippen molar-refractivity contribution in [3.8, 4) is 0 Å². The molecule has 3 rings (SSSR count). The highest BCUT2D eigenvalue weighted by Gasteiger charge is 2.35. The fourth-order valence-corrected chi connectivity index (χ4v) is 2.59. The molecule has 124 valence electrons. The molecule has 0 spiro atoms. The van der Waals surface area contributed by atoms with Gasteiger partial charge in [-0.1, -0.05) is 0 Å². The predicted octanol–water partition coefficient (Wildman–Crippen LogP) is 0.398. The Kier molecular flexibility index (Phi) is 4.46. The van der Waals surface area contributed by atoms with Gasteiger partial charge in [0.05, 0.1) is 25.5 Å². The number of furan rings is 1. The van der Waals surface area contributed by atoms with Gasteiger partial charge in [0.2, 0.25) is 0 Å². The van der Waals surface area contributed by atoms with Gasteiger partial charge < -0.3 is 24.7 Å². The Labute approximate surface area is 132 Å². The van der Waals surface area contributed by atoms with Crippen LogP contribution in [0.3, 0.4) is 0 Å². The molecule has 2 aromatic rings. The third-order valence-corrected chi connectivity index (χ3v) is 3.84. The van der Waals surface area contributed by atoms with Gasteiger partial charge in [-0.15, -0.1) is 0 Å². The summed E-state index contributed by atoms with van der Waals surface area (Å²) in [6, 6.07) is 3.61. The van der Waals surface area contributed by atoms with Crippen LogP contribution in [0, 0.1) is 6.92 Å². The van der Waals surface area contributed by atoms with Crippen LogP contribution >= 0.6 is 0 Å². The van der Waals surface area contributed by atoms with E-state index in [9.17, 15) is 9.90 Å². The number of aliphatic hydroxyl groups is 2. The number of hydrogen-bond donors (Lipinski definition) is 3. The number of aliphatic hydroxyl groups excluding tert-OH is 2. The monoisotopic (exact) mass is 321 g/mol. The van der Waals surface area contributed by atoms with Gasteiger partial charge in [-0.3, -0.25) is 4.57 Å². The van der Waals surface area contributed by atoms with Crippen LogP contribution in [0.5, 0.6) is 0 Å². The Balaban J connectivity index is 1.76. The summed E-state index contributed by atoms with van der Waals surface area (Å²) >= 11 is 0. The number of anilines is 1. The molecule has 3 N–H and O–H groups in total. The highest BCUT2D eigenvalue weighted by atomic mass is 16.5. The lowest BCUT2D eigenvalue weighted by molar-refractivity contribution is -0.0459. The summed E-state index contributed by atoms with van der Waals surface area (Å²) in [6.45, 7) is 1.96. The molecule has 1 saturated heterocycles. The SMILES string of the molecule is Cc1cn([C@H]2CC(O)[C@@H](CO)O2)c(=O)nc1NCc1ccco1. The third-order valence-electron chi connectivity index (χ3n) is 3.84. The molecule has 8 heteroatoms. The van der Waals surface area contributed by atoms with Crippen LogP contribution < -0.4 is 11.0 Å². The second-order valence-electron chi connectivity index (χ2n) is 5.51. The molecule has 1 aliphatic rings. The standard InChI is InChI=1S/C15H19N3O5/c1-9-7-18(13-5-11(20)12(8-19)23-13)15(21)17-14(9)16-6-10-3-2-4-22-10/h2-4,7,11-13,19-20H,5-6,8H2,1H3,(H,16,17,21)/t11?,12-,13-/m1/s1. The zero-order chi connectivity index (χ0) is 16.4. The van der Waals surface area contributed by atoms with E-state index in [1.807, 2.05) is 13.0 Å². The number of ether oxygens (including phenoxy) is 1. The van der Waals surface area contributed by atoms with Crippen molar-refractivity contribution < 1.29 is 19.4 Å². The van der Waals surface area contributed by atoms with Crippen molar-refractivity contribution in [2.75, 3.05) is 11.9 Å². The first-order chi connectivity index (χ1) is 11.1. The second kappa shape index (κ2) is 6.53. The van der Waals surface area contributed by atoms with Gasteiger partial charge in [0.25, 0.3) is 0 Å². The van der Waals surface area contributed by atoms with Crippen molar-refractivity contribution in [2.45, 2.75) is 38.3 Å². The number of hydrogen-bond acceptors (Lipinski definition) is 7. The van der Waals surface area contributed by atoms with E-state index in [4.69, 9.17) is 14.3 Å². The molecular formula is C15H19N3O5. The van der Waals surface area contributed by atoms with Gasteiger partial charge in [0.1, 0.15) is 23.9 Å². The number of aryl methyl sites for hydroxylation is 1. The summed E-state index contributed by atoms with van der Waals surface area (Å²) in [7, 11) is 0. The minimum atomic E-state index is -0.797. The Morgan fingerprint density at radius 2 is 2.35 bits per heavy atom. The van der Waals surface area contributed by atoms with Crippen molar-refractivity contribution >= 4 is 5.82 Å².